The zero-order chi connectivity index (χ0) is 13.8. The number of benzene rings is 1. The average molecular weight is 277 g/mol. The molecule has 0 aliphatic carbocycles. The van der Waals surface area contributed by atoms with Crippen LogP contribution < -0.4 is 5.32 Å². The lowest BCUT2D eigenvalue weighted by molar-refractivity contribution is 0.562. The van der Waals surface area contributed by atoms with Crippen LogP contribution in [0.15, 0.2) is 30.3 Å². The third-order valence-electron chi connectivity index (χ3n) is 3.19. The van der Waals surface area contributed by atoms with Gasteiger partial charge in [-0.15, -0.1) is 11.3 Å². The average Bonchev–Trinajstić information content (AvgIpc) is 2.85. The summed E-state index contributed by atoms with van der Waals surface area (Å²) < 4.78 is 14.2. The Morgan fingerprint density at radius 3 is 2.58 bits per heavy atom. The van der Waals surface area contributed by atoms with E-state index in [2.05, 4.69) is 24.4 Å². The summed E-state index contributed by atoms with van der Waals surface area (Å²) in [6.45, 7) is 6.92. The molecular formula is C16H20FNS. The Hall–Kier alpha value is -1.19. The zero-order valence-electron chi connectivity index (χ0n) is 11.7. The molecule has 0 aliphatic heterocycles. The lowest BCUT2D eigenvalue weighted by Crippen LogP contribution is -2.22. The summed E-state index contributed by atoms with van der Waals surface area (Å²) in [7, 11) is 0. The van der Waals surface area contributed by atoms with Crippen molar-refractivity contribution in [3.63, 3.8) is 0 Å². The molecule has 1 atom stereocenters. The van der Waals surface area contributed by atoms with Crippen LogP contribution in [0.3, 0.4) is 0 Å². The summed E-state index contributed by atoms with van der Waals surface area (Å²) >= 11 is 1.76. The van der Waals surface area contributed by atoms with Crippen molar-refractivity contribution in [2.75, 3.05) is 6.54 Å². The second-order valence-electron chi connectivity index (χ2n) is 4.67. The molecule has 0 bridgehead atoms. The molecule has 1 heterocycles. The Morgan fingerprint density at radius 2 is 2.00 bits per heavy atom. The monoisotopic (exact) mass is 277 g/mol. The van der Waals surface area contributed by atoms with Gasteiger partial charge in [-0.05, 0) is 43.7 Å². The van der Waals surface area contributed by atoms with Gasteiger partial charge >= 0.3 is 0 Å². The van der Waals surface area contributed by atoms with Crippen molar-refractivity contribution in [1.29, 1.82) is 0 Å². The molecule has 2 aromatic rings. The van der Waals surface area contributed by atoms with Crippen LogP contribution in [-0.4, -0.2) is 6.54 Å². The Labute approximate surface area is 118 Å². The summed E-state index contributed by atoms with van der Waals surface area (Å²) in [4.78, 5) is 2.52. The first-order valence-corrected chi connectivity index (χ1v) is 7.55. The summed E-state index contributed by atoms with van der Waals surface area (Å²) in [6, 6.07) is 9.66. The molecule has 0 saturated carbocycles. The largest absolute Gasteiger partial charge is 0.306 e. The maximum atomic E-state index is 14.2. The zero-order valence-corrected chi connectivity index (χ0v) is 12.5. The molecule has 0 spiro atoms. The minimum atomic E-state index is -0.127. The highest BCUT2D eigenvalue weighted by atomic mass is 32.1. The van der Waals surface area contributed by atoms with E-state index in [1.807, 2.05) is 26.0 Å². The highest BCUT2D eigenvalue weighted by Crippen LogP contribution is 2.30. The standard InChI is InChI=1S/C16H20FNS/c1-4-12-7-9-15(19-12)16(18-5-2)13-8-6-11(3)10-14(13)17/h6-10,16,18H,4-5H2,1-3H3. The van der Waals surface area contributed by atoms with E-state index in [4.69, 9.17) is 0 Å². The quantitative estimate of drug-likeness (QED) is 0.851. The second kappa shape index (κ2) is 6.31. The number of aryl methyl sites for hydroxylation is 2. The summed E-state index contributed by atoms with van der Waals surface area (Å²) in [5.41, 5.74) is 1.69. The van der Waals surface area contributed by atoms with Crippen molar-refractivity contribution in [3.8, 4) is 0 Å². The molecule has 3 heteroatoms. The lowest BCUT2D eigenvalue weighted by Gasteiger charge is -2.18. The van der Waals surface area contributed by atoms with Crippen LogP contribution in [0.2, 0.25) is 0 Å². The van der Waals surface area contributed by atoms with E-state index in [0.717, 1.165) is 24.1 Å². The van der Waals surface area contributed by atoms with Gasteiger partial charge in [0.1, 0.15) is 5.82 Å². The van der Waals surface area contributed by atoms with Gasteiger partial charge in [0, 0.05) is 15.3 Å². The van der Waals surface area contributed by atoms with Crippen molar-refractivity contribution in [3.05, 3.63) is 57.0 Å². The van der Waals surface area contributed by atoms with E-state index >= 15 is 0 Å². The van der Waals surface area contributed by atoms with E-state index in [1.165, 1.54) is 9.75 Å². The van der Waals surface area contributed by atoms with Gasteiger partial charge in [0.15, 0.2) is 0 Å². The Balaban J connectivity index is 2.38. The molecular weight excluding hydrogens is 257 g/mol. The first-order chi connectivity index (χ1) is 9.15. The molecule has 1 aromatic heterocycles. The summed E-state index contributed by atoms with van der Waals surface area (Å²) in [5.74, 6) is -0.127. The number of rotatable bonds is 5. The summed E-state index contributed by atoms with van der Waals surface area (Å²) in [6.07, 6.45) is 1.03. The number of thiophene rings is 1. The molecule has 0 saturated heterocycles. The minimum Gasteiger partial charge on any atom is -0.306 e. The molecule has 0 aliphatic rings. The van der Waals surface area contributed by atoms with Crippen molar-refractivity contribution in [2.45, 2.75) is 33.2 Å². The minimum absolute atomic E-state index is 0.0455. The Bertz CT molecular complexity index is 547. The maximum Gasteiger partial charge on any atom is 0.128 e. The highest BCUT2D eigenvalue weighted by Gasteiger charge is 2.18. The third kappa shape index (κ3) is 3.23. The molecule has 2 rings (SSSR count). The lowest BCUT2D eigenvalue weighted by atomic mass is 10.0. The SMILES string of the molecule is CCNC(c1ccc(CC)s1)c1ccc(C)cc1F. The van der Waals surface area contributed by atoms with Gasteiger partial charge < -0.3 is 5.32 Å². The van der Waals surface area contributed by atoms with Crippen LogP contribution in [0, 0.1) is 12.7 Å². The van der Waals surface area contributed by atoms with Gasteiger partial charge in [0.2, 0.25) is 0 Å². The van der Waals surface area contributed by atoms with Gasteiger partial charge in [-0.2, -0.15) is 0 Å². The fourth-order valence-corrected chi connectivity index (χ4v) is 3.22. The Morgan fingerprint density at radius 1 is 1.21 bits per heavy atom. The molecule has 1 nitrogen and oxygen atoms in total. The smallest absolute Gasteiger partial charge is 0.128 e. The predicted molar refractivity (Wildman–Crippen MR) is 80.4 cm³/mol. The molecule has 19 heavy (non-hydrogen) atoms. The van der Waals surface area contributed by atoms with Gasteiger partial charge in [-0.1, -0.05) is 26.0 Å². The highest BCUT2D eigenvalue weighted by molar-refractivity contribution is 7.12. The molecule has 0 amide bonds. The van der Waals surface area contributed by atoms with Gasteiger partial charge in [-0.25, -0.2) is 4.39 Å². The van der Waals surface area contributed by atoms with Crippen molar-refractivity contribution >= 4 is 11.3 Å². The number of hydrogen-bond acceptors (Lipinski definition) is 2. The summed E-state index contributed by atoms with van der Waals surface area (Å²) in [5, 5.41) is 3.38. The van der Waals surface area contributed by atoms with Crippen LogP contribution in [0.25, 0.3) is 0 Å². The molecule has 102 valence electrons. The first-order valence-electron chi connectivity index (χ1n) is 6.73. The van der Waals surface area contributed by atoms with Crippen molar-refractivity contribution in [1.82, 2.24) is 5.32 Å². The van der Waals surface area contributed by atoms with E-state index in [-0.39, 0.29) is 11.9 Å². The van der Waals surface area contributed by atoms with Gasteiger partial charge in [-0.3, -0.25) is 0 Å². The van der Waals surface area contributed by atoms with E-state index in [9.17, 15) is 4.39 Å². The number of halogens is 1. The van der Waals surface area contributed by atoms with Gasteiger partial charge in [0.25, 0.3) is 0 Å². The molecule has 0 radical (unpaired) electrons. The maximum absolute atomic E-state index is 14.2. The first kappa shape index (κ1) is 14.2. The Kier molecular flexibility index (Phi) is 4.72. The van der Waals surface area contributed by atoms with Crippen LogP contribution in [0.5, 0.6) is 0 Å². The number of hydrogen-bond donors (Lipinski definition) is 1. The molecule has 1 unspecified atom stereocenters. The molecule has 0 fully saturated rings. The fraction of sp³-hybridized carbons (Fsp3) is 0.375. The topological polar surface area (TPSA) is 12.0 Å². The van der Waals surface area contributed by atoms with Crippen LogP contribution >= 0.6 is 11.3 Å². The van der Waals surface area contributed by atoms with Crippen molar-refractivity contribution < 1.29 is 4.39 Å². The molecule has 1 aromatic carbocycles. The van der Waals surface area contributed by atoms with Crippen LogP contribution in [0.4, 0.5) is 4.39 Å². The fourth-order valence-electron chi connectivity index (χ4n) is 2.17. The van der Waals surface area contributed by atoms with E-state index in [1.54, 1.807) is 17.4 Å². The molecule has 1 N–H and O–H groups in total. The predicted octanol–water partition coefficient (Wildman–Crippen LogP) is 4.46. The van der Waals surface area contributed by atoms with E-state index < -0.39 is 0 Å². The second-order valence-corrected chi connectivity index (χ2v) is 5.87. The normalized spacial score (nSPS) is 12.6. The van der Waals surface area contributed by atoms with Crippen LogP contribution in [0.1, 0.15) is 40.8 Å². The van der Waals surface area contributed by atoms with Crippen LogP contribution in [-0.2, 0) is 6.42 Å². The third-order valence-corrected chi connectivity index (χ3v) is 4.49. The van der Waals surface area contributed by atoms with Gasteiger partial charge in [0.05, 0.1) is 6.04 Å². The van der Waals surface area contributed by atoms with E-state index in [0.29, 0.717) is 0 Å². The van der Waals surface area contributed by atoms with Crippen molar-refractivity contribution in [2.24, 2.45) is 0 Å². The number of nitrogens with one attached hydrogen (secondary N) is 1.